The Hall–Kier alpha value is 1.61. The molecule has 4 unspecified atom stereocenters. The largest absolute Gasteiger partial charge is 1.00 e. The predicted octanol–water partition coefficient (Wildman–Crippen LogP) is -2.20. The third-order valence-corrected chi connectivity index (χ3v) is 4.05. The molecule has 1 saturated heterocycles. The van der Waals surface area contributed by atoms with E-state index in [1.165, 1.54) is 0 Å². The molecule has 0 saturated carbocycles. The summed E-state index contributed by atoms with van der Waals surface area (Å²) in [6, 6.07) is 2.19. The fraction of sp³-hybridized carbons (Fsp3) is 1.00. The molecule has 0 N–H and O–H groups in total. The van der Waals surface area contributed by atoms with Crippen molar-refractivity contribution < 1.29 is 37.7 Å². The molecule has 0 spiro atoms. The Balaban J connectivity index is -0.000000117. The molecule has 0 amide bonds. The predicted molar refractivity (Wildman–Crippen MR) is 93.4 cm³/mol. The molecule has 8 heteroatoms. The average Bonchev–Trinajstić information content (AvgIpc) is 2.65. The van der Waals surface area contributed by atoms with Gasteiger partial charge >= 0.3 is 37.7 Å². The van der Waals surface area contributed by atoms with Gasteiger partial charge in [0.15, 0.2) is 0 Å². The fourth-order valence-corrected chi connectivity index (χ4v) is 1.78. The Morgan fingerprint density at radius 2 is 1.14 bits per heavy atom. The zero-order valence-electron chi connectivity index (χ0n) is 16.3. The molecule has 1 aliphatic rings. The second-order valence-electron chi connectivity index (χ2n) is 5.24. The molecule has 1 aliphatic heterocycles. The van der Waals surface area contributed by atoms with Crippen LogP contribution in [0.2, 0.25) is 0 Å². The summed E-state index contributed by atoms with van der Waals surface area (Å²) in [5.74, 6) is 0. The molecular weight excluding hydrogens is 309 g/mol. The SMILES string of the molecule is CC1C(C)N(C)CN1C.C[N-]C(C)C(C)[N-]C.ClCCl.[Li+].[Li+]. The van der Waals surface area contributed by atoms with Crippen LogP contribution >= 0.6 is 23.2 Å². The van der Waals surface area contributed by atoms with Crippen LogP contribution in [0.4, 0.5) is 0 Å². The van der Waals surface area contributed by atoms with Gasteiger partial charge in [0.25, 0.3) is 0 Å². The number of alkyl halides is 2. The Bertz CT molecular complexity index is 209. The van der Waals surface area contributed by atoms with Gasteiger partial charge in [-0.2, -0.15) is 26.2 Å². The number of hydrogen-bond acceptors (Lipinski definition) is 2. The van der Waals surface area contributed by atoms with Crippen LogP contribution < -0.4 is 37.7 Å². The molecule has 0 aromatic carbocycles. The van der Waals surface area contributed by atoms with E-state index < -0.39 is 0 Å². The normalized spacial score (nSPS) is 23.7. The molecule has 1 rings (SSSR count). The van der Waals surface area contributed by atoms with Crippen molar-refractivity contribution >= 4 is 23.2 Å². The Labute approximate surface area is 172 Å². The van der Waals surface area contributed by atoms with Crippen molar-refractivity contribution in [2.24, 2.45) is 0 Å². The van der Waals surface area contributed by atoms with Crippen molar-refractivity contribution in [2.75, 3.05) is 40.2 Å². The van der Waals surface area contributed by atoms with Gasteiger partial charge in [-0.3, -0.25) is 9.80 Å². The van der Waals surface area contributed by atoms with Gasteiger partial charge in [-0.25, -0.2) is 0 Å². The topological polar surface area (TPSA) is 34.7 Å². The van der Waals surface area contributed by atoms with E-state index in [0.29, 0.717) is 12.1 Å². The third-order valence-electron chi connectivity index (χ3n) is 4.05. The summed E-state index contributed by atoms with van der Waals surface area (Å²) in [7, 11) is 7.99. The van der Waals surface area contributed by atoms with Crippen LogP contribution in [0.15, 0.2) is 0 Å². The number of likely N-dealkylation sites (N-methyl/N-ethyl adjacent to an activating group) is 4. The van der Waals surface area contributed by atoms with Gasteiger partial charge in [0.05, 0.1) is 12.0 Å². The standard InChI is InChI=1S/C7H16N2.C6H14N2.CH2Cl2.2Li/c1-6-7(2)9(4)5-8(6)3;1-5(7-3)6(2)8-4;2-1-3;;/h6-7H,5H2,1-4H3;5-6H,1-4H3;1H2;;/q;-2;;2*+1. The Morgan fingerprint density at radius 3 is 1.23 bits per heavy atom. The minimum atomic E-state index is 0. The molecule has 22 heavy (non-hydrogen) atoms. The Kier molecular flexibility index (Phi) is 27.0. The van der Waals surface area contributed by atoms with Gasteiger partial charge < -0.3 is 10.6 Å². The van der Waals surface area contributed by atoms with Crippen LogP contribution in [0.1, 0.15) is 27.7 Å². The number of hydrogen-bond donors (Lipinski definition) is 0. The molecule has 4 nitrogen and oxygen atoms in total. The summed E-state index contributed by atoms with van der Waals surface area (Å²) >= 11 is 9.53. The first-order valence-corrected chi connectivity index (χ1v) is 8.03. The van der Waals surface area contributed by atoms with E-state index in [0.717, 1.165) is 18.8 Å². The van der Waals surface area contributed by atoms with Crippen LogP contribution in [0, 0.1) is 0 Å². The van der Waals surface area contributed by atoms with Crippen molar-refractivity contribution in [1.29, 1.82) is 0 Å². The number of nitrogens with zero attached hydrogens (tertiary/aromatic N) is 4. The third kappa shape index (κ3) is 14.0. The van der Waals surface area contributed by atoms with Crippen molar-refractivity contribution in [3.63, 3.8) is 0 Å². The first kappa shape index (κ1) is 31.4. The average molecular weight is 341 g/mol. The zero-order valence-corrected chi connectivity index (χ0v) is 17.8. The van der Waals surface area contributed by atoms with Crippen LogP contribution in [0.25, 0.3) is 10.6 Å². The van der Waals surface area contributed by atoms with Gasteiger partial charge in [-0.1, -0.05) is 13.8 Å². The maximum absolute atomic E-state index is 4.76. The molecule has 0 aromatic heterocycles. The summed E-state index contributed by atoms with van der Waals surface area (Å²) in [5, 5.41) is 8.33. The number of rotatable bonds is 3. The van der Waals surface area contributed by atoms with Gasteiger partial charge in [0.1, 0.15) is 0 Å². The quantitative estimate of drug-likeness (QED) is 0.431. The van der Waals surface area contributed by atoms with Gasteiger partial charge in [0, 0.05) is 12.1 Å². The van der Waals surface area contributed by atoms with Gasteiger partial charge in [-0.05, 0) is 27.9 Å². The van der Waals surface area contributed by atoms with Crippen molar-refractivity contribution in [2.45, 2.75) is 51.9 Å². The monoisotopic (exact) mass is 340 g/mol. The molecule has 1 fully saturated rings. The van der Waals surface area contributed by atoms with Crippen LogP contribution in [0.5, 0.6) is 0 Å². The molecule has 0 bridgehead atoms. The summed E-state index contributed by atoms with van der Waals surface area (Å²) in [4.78, 5) is 4.73. The first-order chi connectivity index (χ1) is 9.26. The molecule has 0 radical (unpaired) electrons. The second kappa shape index (κ2) is 18.9. The Morgan fingerprint density at radius 1 is 0.909 bits per heavy atom. The van der Waals surface area contributed by atoms with E-state index in [9.17, 15) is 0 Å². The molecular formula is C14H32Cl2Li2N4. The van der Waals surface area contributed by atoms with E-state index in [1.807, 2.05) is 14.1 Å². The minimum absolute atomic E-state index is 0. The molecule has 124 valence electrons. The minimum Gasteiger partial charge on any atom is -0.664 e. The van der Waals surface area contributed by atoms with Crippen molar-refractivity contribution in [1.82, 2.24) is 9.80 Å². The van der Waals surface area contributed by atoms with E-state index in [1.54, 1.807) is 0 Å². The molecule has 4 atom stereocenters. The van der Waals surface area contributed by atoms with Crippen LogP contribution in [0.3, 0.4) is 0 Å². The molecule has 0 aromatic rings. The maximum Gasteiger partial charge on any atom is 1.00 e. The first-order valence-electron chi connectivity index (χ1n) is 6.96. The van der Waals surface area contributed by atoms with Crippen LogP contribution in [-0.2, 0) is 0 Å². The summed E-state index contributed by atoms with van der Waals surface area (Å²) in [6.07, 6.45) is 0. The van der Waals surface area contributed by atoms with E-state index in [-0.39, 0.29) is 43.1 Å². The van der Waals surface area contributed by atoms with E-state index in [2.05, 4.69) is 62.2 Å². The summed E-state index contributed by atoms with van der Waals surface area (Å²) in [5.41, 5.74) is 0. The van der Waals surface area contributed by atoms with E-state index in [4.69, 9.17) is 23.2 Å². The summed E-state index contributed by atoms with van der Waals surface area (Å²) < 4.78 is 0. The zero-order chi connectivity index (χ0) is 16.3. The van der Waals surface area contributed by atoms with Crippen molar-refractivity contribution in [3.8, 4) is 0 Å². The molecule has 0 aliphatic carbocycles. The van der Waals surface area contributed by atoms with Gasteiger partial charge in [0.2, 0.25) is 0 Å². The smallest absolute Gasteiger partial charge is 0.664 e. The summed E-state index contributed by atoms with van der Waals surface area (Å²) in [6.45, 7) is 9.79. The number of halogens is 2. The maximum atomic E-state index is 4.76. The van der Waals surface area contributed by atoms with Crippen LogP contribution in [-0.4, -0.2) is 74.2 Å². The molecule has 1 heterocycles. The van der Waals surface area contributed by atoms with Gasteiger partial charge in [-0.15, -0.1) is 23.2 Å². The second-order valence-corrected chi connectivity index (χ2v) is 6.04. The van der Waals surface area contributed by atoms with E-state index >= 15 is 0 Å². The van der Waals surface area contributed by atoms with Crippen molar-refractivity contribution in [3.05, 3.63) is 10.6 Å². The fourth-order valence-electron chi connectivity index (χ4n) is 1.78.